The third-order valence-corrected chi connectivity index (χ3v) is 3.28. The van der Waals surface area contributed by atoms with Gasteiger partial charge in [-0.2, -0.15) is 4.73 Å². The Morgan fingerprint density at radius 1 is 1.25 bits per heavy atom. The molecule has 0 saturated heterocycles. The number of rotatable bonds is 1. The van der Waals surface area contributed by atoms with Gasteiger partial charge in [0.25, 0.3) is 0 Å². The van der Waals surface area contributed by atoms with Gasteiger partial charge in [-0.3, -0.25) is 0 Å². The molecule has 0 N–H and O–H groups in total. The predicted molar refractivity (Wildman–Crippen MR) is 68.8 cm³/mol. The number of nitrogens with zero attached hydrogens (tertiary/aromatic N) is 2. The van der Waals surface area contributed by atoms with Crippen LogP contribution in [0.5, 0.6) is 0 Å². The van der Waals surface area contributed by atoms with E-state index < -0.39 is 11.9 Å². The van der Waals surface area contributed by atoms with Crippen LogP contribution < -0.4 is 4.84 Å². The molecule has 1 aromatic heterocycles. The molecule has 0 aliphatic carbocycles. The maximum absolute atomic E-state index is 11.5. The Morgan fingerprint density at radius 3 is 2.75 bits per heavy atom. The molecule has 0 radical (unpaired) electrons. The Morgan fingerprint density at radius 2 is 2.00 bits per heavy atom. The molecule has 3 rings (SSSR count). The quantitative estimate of drug-likeness (QED) is 0.589. The van der Waals surface area contributed by atoms with E-state index >= 15 is 0 Å². The van der Waals surface area contributed by atoms with Gasteiger partial charge >= 0.3 is 11.9 Å². The molecule has 0 amide bonds. The van der Waals surface area contributed by atoms with Crippen LogP contribution in [0.25, 0.3) is 11.4 Å². The number of ether oxygens (including phenoxy) is 1. The summed E-state index contributed by atoms with van der Waals surface area (Å²) in [6.45, 7) is 1.64. The minimum absolute atomic E-state index is 0.0791. The highest BCUT2D eigenvalue weighted by Crippen LogP contribution is 2.28. The molecule has 0 fully saturated rings. The monoisotopic (exact) mass is 292 g/mol. The Labute approximate surface area is 118 Å². The van der Waals surface area contributed by atoms with Gasteiger partial charge in [0.05, 0.1) is 10.7 Å². The lowest BCUT2D eigenvalue weighted by Gasteiger charge is -2.11. The number of cyclic esters (lactones) is 1. The first-order chi connectivity index (χ1) is 9.58. The molecule has 1 aromatic carbocycles. The zero-order chi connectivity index (χ0) is 14.3. The topological polar surface area (TPSA) is 70.4 Å². The number of hydrogen-bond donors (Lipinski definition) is 0. The third-order valence-electron chi connectivity index (χ3n) is 2.95. The van der Waals surface area contributed by atoms with E-state index in [4.69, 9.17) is 21.2 Å². The number of halogens is 1. The average Bonchev–Trinajstić information content (AvgIpc) is 2.76. The zero-order valence-corrected chi connectivity index (χ0v) is 11.2. The van der Waals surface area contributed by atoms with Gasteiger partial charge in [-0.25, -0.2) is 14.6 Å². The summed E-state index contributed by atoms with van der Waals surface area (Å²) in [4.78, 5) is 32.1. The van der Waals surface area contributed by atoms with Gasteiger partial charge in [-0.05, 0) is 19.1 Å². The van der Waals surface area contributed by atoms with Crippen LogP contribution in [0.4, 0.5) is 0 Å². The Hall–Kier alpha value is -2.34. The summed E-state index contributed by atoms with van der Waals surface area (Å²) < 4.78 is 5.98. The van der Waals surface area contributed by atoms with Crippen LogP contribution >= 0.6 is 11.6 Å². The second-order valence-corrected chi connectivity index (χ2v) is 4.60. The maximum atomic E-state index is 11.5. The van der Waals surface area contributed by atoms with Crippen molar-refractivity contribution < 1.29 is 19.2 Å². The second-order valence-electron chi connectivity index (χ2n) is 4.20. The summed E-state index contributed by atoms with van der Waals surface area (Å²) in [5.74, 6) is -1.78. The lowest BCUT2D eigenvalue weighted by Crippen LogP contribution is -2.31. The number of esters is 1. The molecule has 20 heavy (non-hydrogen) atoms. The Bertz CT molecular complexity index is 723. The number of hydrogen-bond acceptors (Lipinski definition) is 5. The Balaban J connectivity index is 2.19. The second kappa shape index (κ2) is 4.64. The molecule has 0 spiro atoms. The van der Waals surface area contributed by atoms with Crippen LogP contribution in [0.2, 0.25) is 5.02 Å². The standard InChI is InChI=1S/C13H9ClN2O4/c1-7-10-6-19-12(17)13(18)20-16(7)11(15-10)8-4-2-3-5-9(8)14/h2-5H,6H2,1H3. The first-order valence-electron chi connectivity index (χ1n) is 5.80. The highest BCUT2D eigenvalue weighted by molar-refractivity contribution is 6.33. The normalized spacial score (nSPS) is 14.3. The lowest BCUT2D eigenvalue weighted by atomic mass is 10.2. The molecule has 1 aliphatic heterocycles. The summed E-state index contributed by atoms with van der Waals surface area (Å²) in [5, 5.41) is 0.466. The molecule has 0 saturated carbocycles. The van der Waals surface area contributed by atoms with Crippen LogP contribution in [0.1, 0.15) is 11.4 Å². The summed E-state index contributed by atoms with van der Waals surface area (Å²) in [6.07, 6.45) is 0. The largest absolute Gasteiger partial charge is 0.451 e. The van der Waals surface area contributed by atoms with Crippen molar-refractivity contribution in [2.75, 3.05) is 0 Å². The summed E-state index contributed by atoms with van der Waals surface area (Å²) in [6, 6.07) is 7.02. The number of carbonyl (C=O) groups is 2. The van der Waals surface area contributed by atoms with Crippen LogP contribution in [0.15, 0.2) is 24.3 Å². The number of fused-ring (bicyclic) bond motifs is 2. The molecule has 2 aromatic rings. The van der Waals surface area contributed by atoms with E-state index in [9.17, 15) is 9.59 Å². The van der Waals surface area contributed by atoms with Crippen LogP contribution in [-0.2, 0) is 20.9 Å². The lowest BCUT2D eigenvalue weighted by molar-refractivity contribution is -0.169. The molecule has 6 nitrogen and oxygen atoms in total. The van der Waals surface area contributed by atoms with E-state index in [0.29, 0.717) is 27.8 Å². The summed E-state index contributed by atoms with van der Waals surface area (Å²) >= 11 is 6.12. The minimum Gasteiger partial charge on any atom is -0.451 e. The third kappa shape index (κ3) is 1.94. The fraction of sp³-hybridized carbons (Fsp3) is 0.154. The van der Waals surface area contributed by atoms with E-state index in [1.807, 2.05) is 0 Å². The molecule has 0 unspecified atom stereocenters. The summed E-state index contributed by atoms with van der Waals surface area (Å²) in [5.41, 5.74) is 1.70. The van der Waals surface area contributed by atoms with Crippen molar-refractivity contribution in [2.45, 2.75) is 13.5 Å². The SMILES string of the molecule is Cc1c2nc(-c3ccccc3Cl)n1OC(=O)C(=O)OC2. The smallest absolute Gasteiger partial charge is 0.442 e. The van der Waals surface area contributed by atoms with Gasteiger partial charge in [0.15, 0.2) is 5.82 Å². The van der Waals surface area contributed by atoms with Gasteiger partial charge in [-0.15, -0.1) is 0 Å². The van der Waals surface area contributed by atoms with Gasteiger partial charge in [0.1, 0.15) is 12.3 Å². The highest BCUT2D eigenvalue weighted by atomic mass is 35.5. The molecule has 2 bridgehead atoms. The molecule has 7 heteroatoms. The molecule has 0 atom stereocenters. The van der Waals surface area contributed by atoms with Crippen LogP contribution in [0.3, 0.4) is 0 Å². The van der Waals surface area contributed by atoms with Crippen LogP contribution in [0, 0.1) is 6.92 Å². The number of carbonyl (C=O) groups excluding carboxylic acids is 2. The molecular formula is C13H9ClN2O4. The first kappa shape index (κ1) is 12.7. The average molecular weight is 293 g/mol. The zero-order valence-electron chi connectivity index (χ0n) is 10.4. The number of aromatic nitrogens is 2. The van der Waals surface area contributed by atoms with Gasteiger partial charge < -0.3 is 9.57 Å². The van der Waals surface area contributed by atoms with Crippen molar-refractivity contribution in [1.29, 1.82) is 0 Å². The van der Waals surface area contributed by atoms with E-state index in [-0.39, 0.29) is 6.61 Å². The number of benzene rings is 1. The van der Waals surface area contributed by atoms with E-state index in [1.54, 1.807) is 31.2 Å². The van der Waals surface area contributed by atoms with E-state index in [2.05, 4.69) is 4.98 Å². The molecule has 2 heterocycles. The first-order valence-corrected chi connectivity index (χ1v) is 6.18. The van der Waals surface area contributed by atoms with E-state index in [0.717, 1.165) is 0 Å². The van der Waals surface area contributed by atoms with Gasteiger partial charge in [0, 0.05) is 5.56 Å². The minimum atomic E-state index is -1.09. The van der Waals surface area contributed by atoms with Crippen molar-refractivity contribution in [2.24, 2.45) is 0 Å². The molecular weight excluding hydrogens is 284 g/mol. The maximum Gasteiger partial charge on any atom is 0.442 e. The van der Waals surface area contributed by atoms with E-state index in [1.165, 1.54) is 4.73 Å². The van der Waals surface area contributed by atoms with Crippen LogP contribution in [-0.4, -0.2) is 21.7 Å². The fourth-order valence-electron chi connectivity index (χ4n) is 1.90. The van der Waals surface area contributed by atoms with Crippen molar-refractivity contribution >= 4 is 23.5 Å². The van der Waals surface area contributed by atoms with Crippen molar-refractivity contribution in [3.05, 3.63) is 40.7 Å². The van der Waals surface area contributed by atoms with Gasteiger partial charge in [-0.1, -0.05) is 23.7 Å². The molecule has 102 valence electrons. The fourth-order valence-corrected chi connectivity index (χ4v) is 2.12. The van der Waals surface area contributed by atoms with Crippen molar-refractivity contribution in [1.82, 2.24) is 9.71 Å². The number of imidazole rings is 1. The predicted octanol–water partition coefficient (Wildman–Crippen LogP) is 1.52. The van der Waals surface area contributed by atoms with Gasteiger partial charge in [0.2, 0.25) is 0 Å². The molecule has 1 aliphatic rings. The van der Waals surface area contributed by atoms with Crippen molar-refractivity contribution in [3.8, 4) is 11.4 Å². The van der Waals surface area contributed by atoms with Crippen molar-refractivity contribution in [3.63, 3.8) is 0 Å². The summed E-state index contributed by atoms with van der Waals surface area (Å²) in [7, 11) is 0. The highest BCUT2D eigenvalue weighted by Gasteiger charge is 2.28. The Kier molecular flexibility index (Phi) is 2.94.